The highest BCUT2D eigenvalue weighted by atomic mass is 79.9. The molecule has 6 heteroatoms. The van der Waals surface area contributed by atoms with Crippen molar-refractivity contribution in [3.05, 3.63) is 32.7 Å². The zero-order chi connectivity index (χ0) is 15.2. The number of amides is 1. The van der Waals surface area contributed by atoms with Gasteiger partial charge in [-0.2, -0.15) is 0 Å². The lowest BCUT2D eigenvalue weighted by atomic mass is 10.1. The molecule has 4 nitrogen and oxygen atoms in total. The molecule has 1 aliphatic heterocycles. The highest BCUT2D eigenvalue weighted by Crippen LogP contribution is 2.23. The van der Waals surface area contributed by atoms with Crippen molar-refractivity contribution in [2.75, 3.05) is 33.4 Å². The first-order valence-electron chi connectivity index (χ1n) is 7.08. The first-order chi connectivity index (χ1) is 10.1. The maximum absolute atomic E-state index is 12.8. The smallest absolute Gasteiger partial charge is 0.255 e. The first-order valence-corrected chi connectivity index (χ1v) is 8.67. The van der Waals surface area contributed by atoms with Crippen LogP contribution in [0.2, 0.25) is 0 Å². The molecule has 1 unspecified atom stereocenters. The number of benzene rings is 1. The van der Waals surface area contributed by atoms with E-state index >= 15 is 0 Å². The quantitative estimate of drug-likeness (QED) is 0.770. The lowest BCUT2D eigenvalue weighted by molar-refractivity contribution is 0.0678. The zero-order valence-electron chi connectivity index (χ0n) is 12.1. The van der Waals surface area contributed by atoms with Gasteiger partial charge >= 0.3 is 0 Å². The maximum atomic E-state index is 12.8. The number of hydrogen-bond acceptors (Lipinski definition) is 3. The van der Waals surface area contributed by atoms with Gasteiger partial charge in [-0.25, -0.2) is 0 Å². The van der Waals surface area contributed by atoms with E-state index in [0.717, 1.165) is 28.5 Å². The molecular weight excluding hydrogens is 400 g/mol. The van der Waals surface area contributed by atoms with Crippen LogP contribution in [0, 0.1) is 0 Å². The first kappa shape index (κ1) is 16.9. The van der Waals surface area contributed by atoms with Crippen molar-refractivity contribution in [2.24, 2.45) is 0 Å². The van der Waals surface area contributed by atoms with Crippen LogP contribution >= 0.6 is 31.9 Å². The van der Waals surface area contributed by atoms with Crippen LogP contribution in [0.25, 0.3) is 0 Å². The van der Waals surface area contributed by atoms with Crippen LogP contribution in [-0.4, -0.2) is 50.2 Å². The molecule has 1 fully saturated rings. The van der Waals surface area contributed by atoms with E-state index in [2.05, 4.69) is 37.2 Å². The van der Waals surface area contributed by atoms with Crippen molar-refractivity contribution in [3.8, 4) is 0 Å². The summed E-state index contributed by atoms with van der Waals surface area (Å²) in [5.41, 5.74) is 0.679. The van der Waals surface area contributed by atoms with Gasteiger partial charge in [0.15, 0.2) is 0 Å². The number of methoxy groups -OCH3 is 1. The Labute approximate surface area is 142 Å². The Morgan fingerprint density at radius 2 is 2.29 bits per heavy atom. The molecule has 1 heterocycles. The van der Waals surface area contributed by atoms with E-state index in [9.17, 15) is 4.79 Å². The summed E-state index contributed by atoms with van der Waals surface area (Å²) in [5, 5.41) is 3.44. The minimum absolute atomic E-state index is 0.0360. The highest BCUT2D eigenvalue weighted by molar-refractivity contribution is 9.11. The number of hydrogen-bond donors (Lipinski definition) is 1. The number of carbonyl (C=O) groups is 1. The number of carbonyl (C=O) groups excluding carboxylic acids is 1. The third kappa shape index (κ3) is 4.77. The lowest BCUT2D eigenvalue weighted by Crippen LogP contribution is -2.42. The Morgan fingerprint density at radius 1 is 1.48 bits per heavy atom. The van der Waals surface area contributed by atoms with Gasteiger partial charge < -0.3 is 15.0 Å². The van der Waals surface area contributed by atoms with Gasteiger partial charge in [-0.15, -0.1) is 0 Å². The Hall–Kier alpha value is -0.430. The topological polar surface area (TPSA) is 41.6 Å². The van der Waals surface area contributed by atoms with E-state index in [1.165, 1.54) is 6.42 Å². The van der Waals surface area contributed by atoms with E-state index in [4.69, 9.17) is 4.74 Å². The molecule has 1 aromatic rings. The van der Waals surface area contributed by atoms with Gasteiger partial charge in [0.2, 0.25) is 0 Å². The lowest BCUT2D eigenvalue weighted by Gasteiger charge is -2.26. The zero-order valence-corrected chi connectivity index (χ0v) is 15.2. The Morgan fingerprint density at radius 3 is 2.95 bits per heavy atom. The molecule has 0 spiro atoms. The number of nitrogens with one attached hydrogen (secondary N) is 1. The standard InChI is InChI=1S/C15H20Br2N2O2/c1-21-8-7-19(10-12-3-2-6-18-12)15(20)13-9-11(16)4-5-14(13)17/h4-5,9,12,18H,2-3,6-8,10H2,1H3. The molecule has 1 N–H and O–H groups in total. The predicted molar refractivity (Wildman–Crippen MR) is 90.6 cm³/mol. The van der Waals surface area contributed by atoms with Crippen LogP contribution in [0.4, 0.5) is 0 Å². The van der Waals surface area contributed by atoms with Crippen molar-refractivity contribution in [1.82, 2.24) is 10.2 Å². The fourth-order valence-electron chi connectivity index (χ4n) is 2.49. The molecule has 0 aromatic heterocycles. The molecule has 1 saturated heterocycles. The predicted octanol–water partition coefficient (Wildman–Crippen LogP) is 3.05. The highest BCUT2D eigenvalue weighted by Gasteiger charge is 2.23. The van der Waals surface area contributed by atoms with E-state index in [-0.39, 0.29) is 5.91 Å². The minimum Gasteiger partial charge on any atom is -0.383 e. The summed E-state index contributed by atoms with van der Waals surface area (Å²) in [7, 11) is 1.66. The molecule has 116 valence electrons. The molecule has 2 rings (SSSR count). The summed E-state index contributed by atoms with van der Waals surface area (Å²) in [4.78, 5) is 14.7. The van der Waals surface area contributed by atoms with Crippen molar-refractivity contribution in [2.45, 2.75) is 18.9 Å². The minimum atomic E-state index is 0.0360. The van der Waals surface area contributed by atoms with Gasteiger partial charge in [0.25, 0.3) is 5.91 Å². The van der Waals surface area contributed by atoms with Crippen LogP contribution in [0.3, 0.4) is 0 Å². The number of rotatable bonds is 6. The molecule has 0 bridgehead atoms. The van der Waals surface area contributed by atoms with Gasteiger partial charge in [0.1, 0.15) is 0 Å². The molecule has 1 amide bonds. The third-order valence-electron chi connectivity index (χ3n) is 3.61. The molecule has 21 heavy (non-hydrogen) atoms. The van der Waals surface area contributed by atoms with Crippen LogP contribution < -0.4 is 5.32 Å². The van der Waals surface area contributed by atoms with E-state index in [1.807, 2.05) is 23.1 Å². The second kappa shape index (κ2) is 8.27. The average Bonchev–Trinajstić information content (AvgIpc) is 2.98. The third-order valence-corrected chi connectivity index (χ3v) is 4.80. The van der Waals surface area contributed by atoms with Crippen molar-refractivity contribution in [3.63, 3.8) is 0 Å². The van der Waals surface area contributed by atoms with Crippen LogP contribution in [0.5, 0.6) is 0 Å². The van der Waals surface area contributed by atoms with Crippen LogP contribution in [0.15, 0.2) is 27.1 Å². The molecule has 0 radical (unpaired) electrons. The van der Waals surface area contributed by atoms with Crippen molar-refractivity contribution < 1.29 is 9.53 Å². The summed E-state index contributed by atoms with van der Waals surface area (Å²) < 4.78 is 6.86. The van der Waals surface area contributed by atoms with Crippen molar-refractivity contribution in [1.29, 1.82) is 0 Å². The summed E-state index contributed by atoms with van der Waals surface area (Å²) in [6.07, 6.45) is 2.30. The second-order valence-corrected chi connectivity index (χ2v) is 6.93. The van der Waals surface area contributed by atoms with E-state index in [1.54, 1.807) is 7.11 Å². The Bertz CT molecular complexity index is 491. The largest absolute Gasteiger partial charge is 0.383 e. The fraction of sp³-hybridized carbons (Fsp3) is 0.533. The molecule has 1 aliphatic rings. The molecule has 0 saturated carbocycles. The van der Waals surface area contributed by atoms with Gasteiger partial charge in [-0.1, -0.05) is 15.9 Å². The van der Waals surface area contributed by atoms with Crippen LogP contribution in [-0.2, 0) is 4.74 Å². The monoisotopic (exact) mass is 418 g/mol. The summed E-state index contributed by atoms with van der Waals surface area (Å²) >= 11 is 6.89. The average molecular weight is 420 g/mol. The van der Waals surface area contributed by atoms with Gasteiger partial charge in [0, 0.05) is 35.2 Å². The molecule has 1 atom stereocenters. The van der Waals surface area contributed by atoms with E-state index in [0.29, 0.717) is 24.8 Å². The second-order valence-electron chi connectivity index (χ2n) is 5.16. The number of ether oxygens (including phenoxy) is 1. The molecule has 0 aliphatic carbocycles. The van der Waals surface area contributed by atoms with Crippen molar-refractivity contribution >= 4 is 37.8 Å². The summed E-state index contributed by atoms with van der Waals surface area (Å²) in [6, 6.07) is 6.05. The maximum Gasteiger partial charge on any atom is 0.255 e. The normalized spacial score (nSPS) is 18.0. The fourth-order valence-corrected chi connectivity index (χ4v) is 3.26. The SMILES string of the molecule is COCCN(CC1CCCN1)C(=O)c1cc(Br)ccc1Br. The summed E-state index contributed by atoms with van der Waals surface area (Å²) in [5.74, 6) is 0.0360. The van der Waals surface area contributed by atoms with Crippen LogP contribution in [0.1, 0.15) is 23.2 Å². The van der Waals surface area contributed by atoms with Gasteiger partial charge in [-0.05, 0) is 53.5 Å². The van der Waals surface area contributed by atoms with Gasteiger partial charge in [0.05, 0.1) is 12.2 Å². The van der Waals surface area contributed by atoms with E-state index < -0.39 is 0 Å². The van der Waals surface area contributed by atoms with Gasteiger partial charge in [-0.3, -0.25) is 4.79 Å². The number of nitrogens with zero attached hydrogens (tertiary/aromatic N) is 1. The summed E-state index contributed by atoms with van der Waals surface area (Å²) in [6.45, 7) is 2.91. The molecular formula is C15H20Br2N2O2. The Balaban J connectivity index is 2.13. The Kier molecular flexibility index (Phi) is 6.67. The number of halogens is 2. The molecule has 1 aromatic carbocycles.